The molecule has 0 bridgehead atoms. The van der Waals surface area contributed by atoms with Crippen LogP contribution in [0.3, 0.4) is 0 Å². The maximum atomic E-state index is 10.9. The van der Waals surface area contributed by atoms with Crippen LogP contribution in [0.15, 0.2) is 11.6 Å². The third kappa shape index (κ3) is 1.80. The zero-order valence-electron chi connectivity index (χ0n) is 14.6. The van der Waals surface area contributed by atoms with Gasteiger partial charge in [-0.2, -0.15) is 0 Å². The van der Waals surface area contributed by atoms with E-state index in [4.69, 9.17) is 5.73 Å². The Balaban J connectivity index is 1.69. The summed E-state index contributed by atoms with van der Waals surface area (Å²) in [6.45, 7) is 7.00. The SMILES string of the molecule is CC1(O)CC[C@H]2[C@@H]3CC=C4CC(N)CC[C@]4(C)[C@@H]3CC[C@@]21C. The molecule has 0 saturated heterocycles. The molecule has 2 unspecified atom stereocenters. The van der Waals surface area contributed by atoms with E-state index < -0.39 is 5.60 Å². The molecule has 7 atom stereocenters. The first-order chi connectivity index (χ1) is 10.3. The van der Waals surface area contributed by atoms with Crippen LogP contribution in [0, 0.1) is 28.6 Å². The molecule has 0 radical (unpaired) electrons. The molecule has 0 aliphatic heterocycles. The van der Waals surface area contributed by atoms with Gasteiger partial charge in [0.25, 0.3) is 0 Å². The van der Waals surface area contributed by atoms with Gasteiger partial charge in [-0.15, -0.1) is 0 Å². The van der Waals surface area contributed by atoms with Crippen molar-refractivity contribution in [2.45, 2.75) is 83.8 Å². The van der Waals surface area contributed by atoms with Crippen LogP contribution in [0.1, 0.15) is 72.1 Å². The zero-order chi connectivity index (χ0) is 15.8. The molecule has 0 heterocycles. The smallest absolute Gasteiger partial charge is 0.0675 e. The minimum absolute atomic E-state index is 0.140. The van der Waals surface area contributed by atoms with E-state index in [1.165, 1.54) is 38.5 Å². The third-order valence-corrected chi connectivity index (χ3v) is 8.70. The lowest BCUT2D eigenvalue weighted by molar-refractivity contribution is -0.113. The van der Waals surface area contributed by atoms with Crippen molar-refractivity contribution in [3.63, 3.8) is 0 Å². The molecule has 0 aromatic heterocycles. The van der Waals surface area contributed by atoms with Gasteiger partial charge in [-0.25, -0.2) is 0 Å². The highest BCUT2D eigenvalue weighted by Crippen LogP contribution is 2.66. The van der Waals surface area contributed by atoms with Crippen molar-refractivity contribution < 1.29 is 5.11 Å². The lowest BCUT2D eigenvalue weighted by Gasteiger charge is -2.58. The maximum absolute atomic E-state index is 10.9. The van der Waals surface area contributed by atoms with E-state index in [1.807, 2.05) is 0 Å². The van der Waals surface area contributed by atoms with Crippen molar-refractivity contribution in [2.24, 2.45) is 34.3 Å². The van der Waals surface area contributed by atoms with Gasteiger partial charge in [0, 0.05) is 6.04 Å². The van der Waals surface area contributed by atoms with E-state index in [0.717, 1.165) is 24.7 Å². The molecule has 0 aromatic carbocycles. The number of fused-ring (bicyclic) bond motifs is 5. The Hall–Kier alpha value is -0.340. The van der Waals surface area contributed by atoms with Crippen LogP contribution in [-0.2, 0) is 0 Å². The van der Waals surface area contributed by atoms with Gasteiger partial charge in [-0.3, -0.25) is 0 Å². The number of nitrogens with two attached hydrogens (primary N) is 1. The van der Waals surface area contributed by atoms with Crippen molar-refractivity contribution in [2.75, 3.05) is 0 Å². The second-order valence-electron chi connectivity index (χ2n) is 9.53. The molecule has 2 nitrogen and oxygen atoms in total. The van der Waals surface area contributed by atoms with Crippen LogP contribution in [-0.4, -0.2) is 16.7 Å². The third-order valence-electron chi connectivity index (χ3n) is 8.70. The summed E-state index contributed by atoms with van der Waals surface area (Å²) in [4.78, 5) is 0. The van der Waals surface area contributed by atoms with Crippen LogP contribution in [0.25, 0.3) is 0 Å². The second kappa shape index (κ2) is 4.60. The van der Waals surface area contributed by atoms with Gasteiger partial charge in [0.15, 0.2) is 0 Å². The van der Waals surface area contributed by atoms with Gasteiger partial charge in [0.05, 0.1) is 5.60 Å². The highest BCUT2D eigenvalue weighted by molar-refractivity contribution is 5.26. The molecule has 3 N–H and O–H groups in total. The lowest BCUT2D eigenvalue weighted by Crippen LogP contribution is -2.54. The summed E-state index contributed by atoms with van der Waals surface area (Å²) in [5, 5.41) is 10.9. The van der Waals surface area contributed by atoms with Crippen molar-refractivity contribution in [3.05, 3.63) is 11.6 Å². The predicted molar refractivity (Wildman–Crippen MR) is 90.3 cm³/mol. The Morgan fingerprint density at radius 1 is 1.05 bits per heavy atom. The molecule has 0 spiro atoms. The summed E-state index contributed by atoms with van der Waals surface area (Å²) in [5.41, 5.74) is 7.99. The first-order valence-electron chi connectivity index (χ1n) is 9.45. The Labute approximate surface area is 135 Å². The highest BCUT2D eigenvalue weighted by atomic mass is 16.3. The fourth-order valence-corrected chi connectivity index (χ4v) is 6.93. The number of hydrogen-bond donors (Lipinski definition) is 2. The number of hydrogen-bond acceptors (Lipinski definition) is 2. The highest BCUT2D eigenvalue weighted by Gasteiger charge is 2.61. The minimum atomic E-state index is -0.456. The molecule has 22 heavy (non-hydrogen) atoms. The van der Waals surface area contributed by atoms with Crippen molar-refractivity contribution in [1.82, 2.24) is 0 Å². The molecule has 4 rings (SSSR count). The fraction of sp³-hybridized carbons (Fsp3) is 0.900. The van der Waals surface area contributed by atoms with Gasteiger partial charge in [-0.1, -0.05) is 25.5 Å². The van der Waals surface area contributed by atoms with E-state index in [9.17, 15) is 5.11 Å². The average molecular weight is 303 g/mol. The quantitative estimate of drug-likeness (QED) is 0.664. The van der Waals surface area contributed by atoms with Crippen molar-refractivity contribution in [3.8, 4) is 0 Å². The van der Waals surface area contributed by atoms with Gasteiger partial charge in [-0.05, 0) is 86.9 Å². The van der Waals surface area contributed by atoms with Gasteiger partial charge >= 0.3 is 0 Å². The predicted octanol–water partition coefficient (Wildman–Crippen LogP) is 4.03. The number of aliphatic hydroxyl groups is 1. The maximum Gasteiger partial charge on any atom is 0.0675 e. The monoisotopic (exact) mass is 303 g/mol. The lowest BCUT2D eigenvalue weighted by atomic mass is 9.47. The van der Waals surface area contributed by atoms with Crippen LogP contribution >= 0.6 is 0 Å². The molecule has 3 fully saturated rings. The summed E-state index contributed by atoms with van der Waals surface area (Å²) >= 11 is 0. The van der Waals surface area contributed by atoms with E-state index >= 15 is 0 Å². The molecule has 0 aromatic rings. The van der Waals surface area contributed by atoms with E-state index in [-0.39, 0.29) is 5.41 Å². The van der Waals surface area contributed by atoms with Crippen molar-refractivity contribution in [1.29, 1.82) is 0 Å². The molecule has 124 valence electrons. The summed E-state index contributed by atoms with van der Waals surface area (Å²) in [6, 6.07) is 0.386. The zero-order valence-corrected chi connectivity index (χ0v) is 14.6. The Morgan fingerprint density at radius 2 is 1.77 bits per heavy atom. The van der Waals surface area contributed by atoms with E-state index in [1.54, 1.807) is 5.57 Å². The fourth-order valence-electron chi connectivity index (χ4n) is 6.93. The van der Waals surface area contributed by atoms with Crippen LogP contribution in [0.2, 0.25) is 0 Å². The largest absolute Gasteiger partial charge is 0.390 e. The normalized spacial score (nSPS) is 57.6. The van der Waals surface area contributed by atoms with Crippen LogP contribution in [0.4, 0.5) is 0 Å². The van der Waals surface area contributed by atoms with Gasteiger partial charge < -0.3 is 10.8 Å². The topological polar surface area (TPSA) is 46.2 Å². The molecule has 4 aliphatic carbocycles. The van der Waals surface area contributed by atoms with E-state index in [2.05, 4.69) is 26.8 Å². The molecule has 3 saturated carbocycles. The van der Waals surface area contributed by atoms with Crippen LogP contribution in [0.5, 0.6) is 0 Å². The second-order valence-corrected chi connectivity index (χ2v) is 9.53. The summed E-state index contributed by atoms with van der Waals surface area (Å²) in [5.74, 6) is 2.33. The Morgan fingerprint density at radius 3 is 2.55 bits per heavy atom. The first-order valence-corrected chi connectivity index (χ1v) is 9.45. The number of rotatable bonds is 0. The summed E-state index contributed by atoms with van der Waals surface area (Å²) < 4.78 is 0. The molecular weight excluding hydrogens is 270 g/mol. The Kier molecular flexibility index (Phi) is 3.18. The van der Waals surface area contributed by atoms with Crippen molar-refractivity contribution >= 4 is 0 Å². The average Bonchev–Trinajstić information content (AvgIpc) is 2.70. The van der Waals surface area contributed by atoms with Crippen LogP contribution < -0.4 is 5.73 Å². The Bertz CT molecular complexity index is 510. The van der Waals surface area contributed by atoms with E-state index in [0.29, 0.717) is 17.4 Å². The summed E-state index contributed by atoms with van der Waals surface area (Å²) in [6.07, 6.45) is 12.1. The standard InChI is InChI=1S/C20H33NO/c1-18-9-6-14(21)12-13(18)4-5-15-16(18)7-10-19(2)17(15)8-11-20(19,3)22/h4,14-17,22H,5-12,21H2,1-3H3/t14?,15-,16-,17+,18+,19+,20?/m1/s1. The van der Waals surface area contributed by atoms with Gasteiger partial charge in [0.1, 0.15) is 0 Å². The summed E-state index contributed by atoms with van der Waals surface area (Å²) in [7, 11) is 0. The molecular formula is C20H33NO. The number of allylic oxidation sites excluding steroid dienone is 1. The molecule has 4 aliphatic rings. The molecule has 0 amide bonds. The molecule has 2 heteroatoms. The first kappa shape index (κ1) is 15.2. The van der Waals surface area contributed by atoms with Gasteiger partial charge in [0.2, 0.25) is 0 Å². The minimum Gasteiger partial charge on any atom is -0.390 e.